The maximum atomic E-state index is 15.2. The van der Waals surface area contributed by atoms with Crippen molar-refractivity contribution in [3.05, 3.63) is 65.4 Å². The minimum atomic E-state index is -1.22. The molecule has 1 aromatic heterocycles. The Labute approximate surface area is 276 Å². The van der Waals surface area contributed by atoms with Crippen molar-refractivity contribution in [2.75, 3.05) is 62.8 Å². The number of amides is 1. The van der Waals surface area contributed by atoms with Crippen molar-refractivity contribution in [3.63, 3.8) is 0 Å². The fraction of sp³-hybridized carbons (Fsp3) is 0.500. The number of carbonyl (C=O) groups excluding carboxylic acids is 1. The summed E-state index contributed by atoms with van der Waals surface area (Å²) in [4.78, 5) is 31.0. The van der Waals surface area contributed by atoms with Crippen LogP contribution in [-0.2, 0) is 17.8 Å². The molecule has 1 N–H and O–H groups in total. The van der Waals surface area contributed by atoms with E-state index in [0.717, 1.165) is 35.7 Å². The number of nitriles is 1. The number of aryl methyl sites for hydroxylation is 1. The number of alkyl halides is 1. The lowest BCUT2D eigenvalue weighted by atomic mass is 9.99. The highest BCUT2D eigenvalue weighted by Gasteiger charge is 2.42. The standard InChI is InChI=1S/C36H44FN7O3/c1-4-36(37)20-28(41(3)24-36)23-47-35-39-30-22-42(31-11-6-10-26-9-5-8-25(2)33(26)31)16-14-29(30)34(40-35)43-17-18-44(27(21-43)13-15-38)32(46)12-7-19-45/h5-12,27-28,45H,4,13-14,16-24H2,1-3H3/b12-7+/t27-,28-,36?/m0/s1. The number of ether oxygens (including phenoxy) is 1. The molecular formula is C36H44FN7O3. The monoisotopic (exact) mass is 641 g/mol. The number of fused-ring (bicyclic) bond motifs is 2. The number of benzene rings is 2. The van der Waals surface area contributed by atoms with Crippen molar-refractivity contribution in [3.8, 4) is 12.1 Å². The first-order valence-electron chi connectivity index (χ1n) is 16.6. The second kappa shape index (κ2) is 13.8. The van der Waals surface area contributed by atoms with Gasteiger partial charge in [0, 0.05) is 67.9 Å². The zero-order valence-electron chi connectivity index (χ0n) is 27.5. The molecule has 2 saturated heterocycles. The van der Waals surface area contributed by atoms with Crippen molar-refractivity contribution in [2.24, 2.45) is 0 Å². The number of piperazine rings is 1. The van der Waals surface area contributed by atoms with Crippen LogP contribution in [0.3, 0.4) is 0 Å². The van der Waals surface area contributed by atoms with Crippen LogP contribution in [0, 0.1) is 18.3 Å². The Kier molecular flexibility index (Phi) is 9.62. The Morgan fingerprint density at radius 2 is 1.98 bits per heavy atom. The normalized spacial score (nSPS) is 23.4. The maximum absolute atomic E-state index is 15.2. The van der Waals surface area contributed by atoms with E-state index in [1.807, 2.05) is 18.9 Å². The number of aromatic nitrogens is 2. The first-order chi connectivity index (χ1) is 22.7. The second-order valence-electron chi connectivity index (χ2n) is 13.0. The second-order valence-corrected chi connectivity index (χ2v) is 13.0. The number of aliphatic hydroxyl groups excluding tert-OH is 1. The fourth-order valence-corrected chi connectivity index (χ4v) is 7.39. The minimum absolute atomic E-state index is 0.0836. The summed E-state index contributed by atoms with van der Waals surface area (Å²) in [6, 6.07) is 14.9. The molecule has 1 amide bonds. The molecule has 1 unspecified atom stereocenters. The average Bonchev–Trinajstić information content (AvgIpc) is 3.38. The van der Waals surface area contributed by atoms with Crippen LogP contribution in [0.5, 0.6) is 6.01 Å². The van der Waals surface area contributed by atoms with E-state index in [-0.39, 0.29) is 43.6 Å². The van der Waals surface area contributed by atoms with Crippen LogP contribution in [0.25, 0.3) is 10.8 Å². The number of halogens is 1. The first-order valence-corrected chi connectivity index (χ1v) is 16.6. The Morgan fingerprint density at radius 1 is 1.17 bits per heavy atom. The van der Waals surface area contributed by atoms with Crippen LogP contribution in [0.1, 0.15) is 43.0 Å². The van der Waals surface area contributed by atoms with Gasteiger partial charge in [-0.3, -0.25) is 9.69 Å². The van der Waals surface area contributed by atoms with E-state index in [9.17, 15) is 10.1 Å². The molecule has 248 valence electrons. The third-order valence-corrected chi connectivity index (χ3v) is 10.0. The highest BCUT2D eigenvalue weighted by Crippen LogP contribution is 2.37. The number of nitrogens with zero attached hydrogens (tertiary/aromatic N) is 7. The lowest BCUT2D eigenvalue weighted by Gasteiger charge is -2.42. The number of likely N-dealkylation sites (tertiary alicyclic amines) is 1. The molecule has 2 fully saturated rings. The van der Waals surface area contributed by atoms with Gasteiger partial charge in [0.2, 0.25) is 5.91 Å². The first kappa shape index (κ1) is 32.7. The van der Waals surface area contributed by atoms with E-state index in [4.69, 9.17) is 19.8 Å². The molecule has 47 heavy (non-hydrogen) atoms. The summed E-state index contributed by atoms with van der Waals surface area (Å²) < 4.78 is 21.5. The smallest absolute Gasteiger partial charge is 0.318 e. The number of likely N-dealkylation sites (N-methyl/N-ethyl adjacent to an activating group) is 1. The molecule has 11 heteroatoms. The summed E-state index contributed by atoms with van der Waals surface area (Å²) in [5, 5.41) is 21.2. The van der Waals surface area contributed by atoms with Gasteiger partial charge < -0.3 is 24.5 Å². The molecule has 0 aliphatic carbocycles. The molecule has 10 nitrogen and oxygen atoms in total. The summed E-state index contributed by atoms with van der Waals surface area (Å²) in [7, 11) is 1.93. The van der Waals surface area contributed by atoms with Gasteiger partial charge in [0.15, 0.2) is 0 Å². The topological polar surface area (TPSA) is 109 Å². The average molecular weight is 642 g/mol. The van der Waals surface area contributed by atoms with Crippen LogP contribution in [-0.4, -0.2) is 102 Å². The van der Waals surface area contributed by atoms with Gasteiger partial charge in [0.25, 0.3) is 0 Å². The third kappa shape index (κ3) is 6.76. The molecule has 3 aliphatic rings. The van der Waals surface area contributed by atoms with Gasteiger partial charge in [0.05, 0.1) is 37.4 Å². The van der Waals surface area contributed by atoms with Gasteiger partial charge in [-0.1, -0.05) is 43.3 Å². The SMILES string of the molecule is CCC1(F)C[C@@H](COc2nc3c(c(N4CCN(C(=O)/C=C/CO)[C@@H](CC#N)C4)n2)CCN(c2cccc4cccc(C)c24)C3)N(C)C1. The van der Waals surface area contributed by atoms with E-state index in [2.05, 4.69) is 59.2 Å². The summed E-state index contributed by atoms with van der Waals surface area (Å²) in [5.74, 6) is 0.554. The van der Waals surface area contributed by atoms with Crippen LogP contribution in [0.4, 0.5) is 15.9 Å². The number of hydrogen-bond donors (Lipinski definition) is 1. The molecule has 2 aromatic carbocycles. The summed E-state index contributed by atoms with van der Waals surface area (Å²) in [5.41, 5.74) is 3.10. The van der Waals surface area contributed by atoms with E-state index < -0.39 is 5.67 Å². The van der Waals surface area contributed by atoms with E-state index >= 15 is 4.39 Å². The van der Waals surface area contributed by atoms with E-state index in [0.29, 0.717) is 45.6 Å². The van der Waals surface area contributed by atoms with Gasteiger partial charge in [-0.2, -0.15) is 15.2 Å². The number of hydrogen-bond acceptors (Lipinski definition) is 9. The Hall–Kier alpha value is -4.27. The largest absolute Gasteiger partial charge is 0.462 e. The molecule has 4 heterocycles. The van der Waals surface area contributed by atoms with E-state index in [1.54, 1.807) is 4.90 Å². The number of anilines is 2. The molecule has 0 bridgehead atoms. The summed E-state index contributed by atoms with van der Waals surface area (Å²) in [6.45, 7) is 7.21. The Balaban J connectivity index is 1.32. The third-order valence-electron chi connectivity index (χ3n) is 10.0. The highest BCUT2D eigenvalue weighted by atomic mass is 19.1. The zero-order chi connectivity index (χ0) is 33.1. The molecular weight excluding hydrogens is 597 g/mol. The van der Waals surface area contributed by atoms with Gasteiger partial charge in [-0.15, -0.1) is 0 Å². The molecule has 0 spiro atoms. The predicted molar refractivity (Wildman–Crippen MR) is 180 cm³/mol. The van der Waals surface area contributed by atoms with Crippen molar-refractivity contribution >= 4 is 28.2 Å². The van der Waals surface area contributed by atoms with Gasteiger partial charge in [-0.05, 0) is 43.8 Å². The van der Waals surface area contributed by atoms with Crippen molar-refractivity contribution < 1.29 is 19.0 Å². The van der Waals surface area contributed by atoms with E-state index in [1.165, 1.54) is 28.5 Å². The Bertz CT molecular complexity index is 1690. The molecule has 3 aromatic rings. The van der Waals surface area contributed by atoms with Crippen molar-refractivity contribution in [2.45, 2.75) is 63.8 Å². The van der Waals surface area contributed by atoms with Crippen molar-refractivity contribution in [1.82, 2.24) is 19.8 Å². The van der Waals surface area contributed by atoms with Gasteiger partial charge in [-0.25, -0.2) is 4.39 Å². The predicted octanol–water partition coefficient (Wildman–Crippen LogP) is 4.18. The van der Waals surface area contributed by atoms with Gasteiger partial charge >= 0.3 is 6.01 Å². The molecule has 3 atom stereocenters. The van der Waals surface area contributed by atoms with Crippen LogP contribution >= 0.6 is 0 Å². The van der Waals surface area contributed by atoms with Gasteiger partial charge in [0.1, 0.15) is 18.1 Å². The summed E-state index contributed by atoms with van der Waals surface area (Å²) >= 11 is 0. The van der Waals surface area contributed by atoms with Crippen molar-refractivity contribution in [1.29, 1.82) is 5.26 Å². The number of aliphatic hydroxyl groups is 1. The molecule has 0 radical (unpaired) electrons. The highest BCUT2D eigenvalue weighted by molar-refractivity contribution is 5.97. The lowest BCUT2D eigenvalue weighted by Crippen LogP contribution is -2.55. The number of carbonyl (C=O) groups is 1. The van der Waals surface area contributed by atoms with Crippen LogP contribution < -0.4 is 14.5 Å². The molecule has 0 saturated carbocycles. The van der Waals surface area contributed by atoms with Crippen LogP contribution in [0.15, 0.2) is 48.6 Å². The molecule has 6 rings (SSSR count). The zero-order valence-corrected chi connectivity index (χ0v) is 27.5. The molecule has 3 aliphatic heterocycles. The summed E-state index contributed by atoms with van der Waals surface area (Å²) in [6.07, 6.45) is 4.55. The number of rotatable bonds is 9. The quantitative estimate of drug-likeness (QED) is 0.344. The minimum Gasteiger partial charge on any atom is -0.462 e. The maximum Gasteiger partial charge on any atom is 0.318 e. The van der Waals surface area contributed by atoms with Crippen LogP contribution in [0.2, 0.25) is 0 Å². The fourth-order valence-electron chi connectivity index (χ4n) is 7.39. The Morgan fingerprint density at radius 3 is 2.72 bits per heavy atom. The lowest BCUT2D eigenvalue weighted by molar-refractivity contribution is -0.128.